The van der Waals surface area contributed by atoms with Gasteiger partial charge in [0.2, 0.25) is 5.91 Å². The maximum absolute atomic E-state index is 12.2. The number of hydrogen-bond donors (Lipinski definition) is 3. The molecule has 0 radical (unpaired) electrons. The van der Waals surface area contributed by atoms with Gasteiger partial charge in [-0.05, 0) is 31.1 Å². The van der Waals surface area contributed by atoms with Crippen molar-refractivity contribution in [2.24, 2.45) is 0 Å². The number of hydrogen-bond acceptors (Lipinski definition) is 5. The molecule has 9 heteroatoms. The molecule has 1 rings (SSSR count). The van der Waals surface area contributed by atoms with Gasteiger partial charge in [-0.25, -0.2) is 4.79 Å². The molecule has 31 heavy (non-hydrogen) atoms. The third-order valence-electron chi connectivity index (χ3n) is 4.56. The fourth-order valence-corrected chi connectivity index (χ4v) is 3.57. The van der Waals surface area contributed by atoms with E-state index >= 15 is 0 Å². The van der Waals surface area contributed by atoms with Gasteiger partial charge in [-0.15, -0.1) is 0 Å². The number of para-hydroxylation sites is 2. The Labute approximate surface area is 184 Å². The normalized spacial score (nSPS) is 11.5. The molecule has 1 amide bonds. The Kier molecular flexibility index (Phi) is 13.3. The van der Waals surface area contributed by atoms with Crippen molar-refractivity contribution in [1.82, 2.24) is 0 Å². The van der Waals surface area contributed by atoms with Gasteiger partial charge in [0, 0.05) is 12.5 Å². The Balaban J connectivity index is 2.12. The van der Waals surface area contributed by atoms with E-state index in [1.165, 1.54) is 6.08 Å². The van der Waals surface area contributed by atoms with E-state index in [1.54, 1.807) is 24.3 Å². The third-order valence-corrected chi connectivity index (χ3v) is 5.37. The van der Waals surface area contributed by atoms with Crippen LogP contribution in [0.1, 0.15) is 64.2 Å². The van der Waals surface area contributed by atoms with Crippen molar-refractivity contribution >= 4 is 27.7 Å². The van der Waals surface area contributed by atoms with Crippen LogP contribution in [0, 0.1) is 0 Å². The first-order chi connectivity index (χ1) is 14.8. The van der Waals surface area contributed by atoms with Crippen LogP contribution in [-0.4, -0.2) is 42.3 Å². The average Bonchev–Trinajstić information content (AvgIpc) is 2.69. The summed E-state index contributed by atoms with van der Waals surface area (Å²) < 4.78 is 35.4. The van der Waals surface area contributed by atoms with Crippen LogP contribution in [0.15, 0.2) is 36.4 Å². The summed E-state index contributed by atoms with van der Waals surface area (Å²) in [4.78, 5) is 22.6. The number of carbonyl (C=O) groups excluding carboxylic acids is 1. The van der Waals surface area contributed by atoms with E-state index in [0.717, 1.165) is 57.4 Å². The van der Waals surface area contributed by atoms with Crippen molar-refractivity contribution in [3.63, 3.8) is 0 Å². The van der Waals surface area contributed by atoms with E-state index in [-0.39, 0.29) is 18.3 Å². The zero-order valence-corrected chi connectivity index (χ0v) is 18.6. The number of ether oxygens (including phenoxy) is 1. The van der Waals surface area contributed by atoms with E-state index in [1.807, 2.05) is 0 Å². The largest absolute Gasteiger partial charge is 0.487 e. The van der Waals surface area contributed by atoms with E-state index < -0.39 is 16.1 Å². The van der Waals surface area contributed by atoms with Gasteiger partial charge in [0.15, 0.2) is 0 Å². The molecule has 0 fully saturated rings. The Hall–Kier alpha value is -2.39. The van der Waals surface area contributed by atoms with Crippen LogP contribution in [-0.2, 0) is 19.7 Å². The molecular weight excluding hydrogens is 422 g/mol. The van der Waals surface area contributed by atoms with Crippen molar-refractivity contribution in [2.45, 2.75) is 64.2 Å². The molecule has 0 bridgehead atoms. The van der Waals surface area contributed by atoms with Crippen LogP contribution < -0.4 is 10.1 Å². The number of carboxylic acid groups (broad SMARTS) is 1. The van der Waals surface area contributed by atoms with Gasteiger partial charge in [0.1, 0.15) is 12.4 Å². The Morgan fingerprint density at radius 3 is 2.13 bits per heavy atom. The fourth-order valence-electron chi connectivity index (χ4n) is 3.00. The van der Waals surface area contributed by atoms with Crippen molar-refractivity contribution in [3.8, 4) is 5.75 Å². The van der Waals surface area contributed by atoms with Gasteiger partial charge in [0.05, 0.1) is 11.4 Å². The quantitative estimate of drug-likeness (QED) is 0.180. The highest BCUT2D eigenvalue weighted by Gasteiger charge is 2.07. The van der Waals surface area contributed by atoms with Crippen LogP contribution in [0.3, 0.4) is 0 Å². The molecule has 1 aromatic carbocycles. The second-order valence-corrected chi connectivity index (χ2v) is 8.89. The fraction of sp³-hybridized carbons (Fsp3) is 0.545. The summed E-state index contributed by atoms with van der Waals surface area (Å²) in [6.07, 6.45) is 11.1. The summed E-state index contributed by atoms with van der Waals surface area (Å²) in [7, 11) is -3.83. The molecule has 0 saturated heterocycles. The minimum Gasteiger partial charge on any atom is -0.487 e. The van der Waals surface area contributed by atoms with Crippen LogP contribution in [0.5, 0.6) is 5.75 Å². The van der Waals surface area contributed by atoms with Gasteiger partial charge in [-0.1, -0.05) is 57.1 Å². The van der Waals surface area contributed by atoms with Gasteiger partial charge in [-0.3, -0.25) is 9.35 Å². The minimum atomic E-state index is -3.83. The summed E-state index contributed by atoms with van der Waals surface area (Å²) in [6.45, 7) is 0.0969. The molecule has 0 atom stereocenters. The number of carbonyl (C=O) groups is 2. The second-order valence-electron chi connectivity index (χ2n) is 7.31. The summed E-state index contributed by atoms with van der Waals surface area (Å²) in [5, 5.41) is 11.4. The van der Waals surface area contributed by atoms with Crippen molar-refractivity contribution in [3.05, 3.63) is 36.4 Å². The Morgan fingerprint density at radius 2 is 1.52 bits per heavy atom. The van der Waals surface area contributed by atoms with E-state index in [2.05, 4.69) is 5.32 Å². The van der Waals surface area contributed by atoms with E-state index in [9.17, 15) is 18.0 Å². The van der Waals surface area contributed by atoms with Crippen LogP contribution >= 0.6 is 0 Å². The molecule has 0 heterocycles. The van der Waals surface area contributed by atoms with Gasteiger partial charge >= 0.3 is 5.97 Å². The molecule has 0 aliphatic carbocycles. The summed E-state index contributed by atoms with van der Waals surface area (Å²) in [5.41, 5.74) is 0.560. The smallest absolute Gasteiger partial charge is 0.328 e. The summed E-state index contributed by atoms with van der Waals surface area (Å²) in [6, 6.07) is 7.02. The number of rotatable bonds is 17. The third kappa shape index (κ3) is 15.1. The van der Waals surface area contributed by atoms with E-state index in [0.29, 0.717) is 24.3 Å². The molecule has 0 aliphatic rings. The first-order valence-electron chi connectivity index (χ1n) is 10.6. The van der Waals surface area contributed by atoms with Crippen molar-refractivity contribution in [2.75, 3.05) is 17.7 Å². The number of benzene rings is 1. The summed E-state index contributed by atoms with van der Waals surface area (Å²) >= 11 is 0. The highest BCUT2D eigenvalue weighted by atomic mass is 32.2. The number of carboxylic acids is 1. The molecule has 0 spiro atoms. The minimum absolute atomic E-state index is 0.0871. The summed E-state index contributed by atoms with van der Waals surface area (Å²) in [5.74, 6) is -0.799. The first kappa shape index (κ1) is 26.6. The maximum atomic E-state index is 12.2. The SMILES string of the molecule is O=C(O)/C=C/COc1ccccc1NC(=O)CCCCCCCCCCCS(=O)(=O)O. The molecule has 174 valence electrons. The number of amides is 1. The molecular formula is C22H33NO7S. The molecule has 0 saturated carbocycles. The molecule has 0 aliphatic heterocycles. The zero-order valence-electron chi connectivity index (χ0n) is 17.8. The molecule has 1 aromatic rings. The lowest BCUT2D eigenvalue weighted by Crippen LogP contribution is -2.12. The number of unbranched alkanes of at least 4 members (excludes halogenated alkanes) is 8. The maximum Gasteiger partial charge on any atom is 0.328 e. The molecule has 0 aromatic heterocycles. The lowest BCUT2D eigenvalue weighted by molar-refractivity contribution is -0.131. The predicted molar refractivity (Wildman–Crippen MR) is 120 cm³/mol. The second kappa shape index (κ2) is 15.4. The monoisotopic (exact) mass is 455 g/mol. The average molecular weight is 456 g/mol. The highest BCUT2D eigenvalue weighted by molar-refractivity contribution is 7.85. The van der Waals surface area contributed by atoms with Gasteiger partial charge in [-0.2, -0.15) is 8.42 Å². The molecule has 3 N–H and O–H groups in total. The topological polar surface area (TPSA) is 130 Å². The van der Waals surface area contributed by atoms with Gasteiger partial charge < -0.3 is 15.2 Å². The van der Waals surface area contributed by atoms with Crippen LogP contribution in [0.2, 0.25) is 0 Å². The van der Waals surface area contributed by atoms with E-state index in [4.69, 9.17) is 14.4 Å². The Bertz CT molecular complexity index is 806. The lowest BCUT2D eigenvalue weighted by Gasteiger charge is -2.11. The first-order valence-corrected chi connectivity index (χ1v) is 12.2. The molecule has 0 unspecified atom stereocenters. The number of aliphatic carboxylic acids is 1. The zero-order chi connectivity index (χ0) is 23.0. The standard InChI is InChI=1S/C22H33NO7S/c24-21(15-8-6-4-2-1-3-5-7-11-18-31(27,28)29)23-19-13-9-10-14-20(19)30-17-12-16-22(25)26/h9-10,12-14,16H,1-8,11,15,17-18H2,(H,23,24)(H,25,26)(H,27,28,29)/b16-12+. The van der Waals surface area contributed by atoms with Crippen LogP contribution in [0.4, 0.5) is 5.69 Å². The van der Waals surface area contributed by atoms with Crippen LogP contribution in [0.25, 0.3) is 0 Å². The highest BCUT2D eigenvalue weighted by Crippen LogP contribution is 2.24. The predicted octanol–water partition coefficient (Wildman–Crippen LogP) is 4.43. The molecule has 8 nitrogen and oxygen atoms in total. The number of anilines is 1. The lowest BCUT2D eigenvalue weighted by atomic mass is 10.1. The van der Waals surface area contributed by atoms with Crippen molar-refractivity contribution < 1.29 is 32.4 Å². The Morgan fingerprint density at radius 1 is 0.935 bits per heavy atom. The van der Waals surface area contributed by atoms with Crippen molar-refractivity contribution in [1.29, 1.82) is 0 Å². The van der Waals surface area contributed by atoms with Gasteiger partial charge in [0.25, 0.3) is 10.1 Å². The number of nitrogens with one attached hydrogen (secondary N) is 1.